The van der Waals surface area contributed by atoms with Gasteiger partial charge in [0.1, 0.15) is 0 Å². The second kappa shape index (κ2) is 5.77. The van der Waals surface area contributed by atoms with Gasteiger partial charge in [-0.05, 0) is 31.6 Å². The van der Waals surface area contributed by atoms with Crippen LogP contribution in [0.2, 0.25) is 0 Å². The maximum atomic E-state index is 11.6. The molecule has 0 aromatic heterocycles. The van der Waals surface area contributed by atoms with Crippen LogP contribution in [0.3, 0.4) is 0 Å². The minimum atomic E-state index is -3.07. The van der Waals surface area contributed by atoms with Crippen LogP contribution in [0.15, 0.2) is 0 Å². The normalized spacial score (nSPS) is 28.5. The maximum Gasteiger partial charge on any atom is 0.211 e. The van der Waals surface area contributed by atoms with Gasteiger partial charge in [-0.15, -0.1) is 0 Å². The summed E-state index contributed by atoms with van der Waals surface area (Å²) in [6.07, 6.45) is 6.11. The van der Waals surface area contributed by atoms with E-state index in [0.717, 1.165) is 19.6 Å². The fourth-order valence-corrected chi connectivity index (χ4v) is 4.23. The molecule has 3 aliphatic rings. The molecule has 1 heterocycles. The smallest absolute Gasteiger partial charge is 0.211 e. The number of nitrogens with zero attached hydrogens (tertiary/aromatic N) is 2. The van der Waals surface area contributed by atoms with Crippen LogP contribution in [0.5, 0.6) is 0 Å². The predicted molar refractivity (Wildman–Crippen MR) is 81.6 cm³/mol. The van der Waals surface area contributed by atoms with Crippen molar-refractivity contribution in [3.8, 4) is 0 Å². The molecule has 7 heteroatoms. The maximum absolute atomic E-state index is 11.6. The number of rotatable bonds is 7. The third kappa shape index (κ3) is 3.76. The average molecular weight is 317 g/mol. The molecule has 0 aromatic carbocycles. The minimum absolute atomic E-state index is 0.172. The molecule has 6 nitrogen and oxygen atoms in total. The zero-order valence-electron chi connectivity index (χ0n) is 12.8. The van der Waals surface area contributed by atoms with Crippen molar-refractivity contribution in [3.05, 3.63) is 0 Å². The summed E-state index contributed by atoms with van der Waals surface area (Å²) in [6.45, 7) is 3.66. The molecule has 0 spiro atoms. The number of aliphatic hydroxyl groups excluding tert-OH is 1. The molecule has 1 unspecified atom stereocenters. The SMILES string of the molecule is CS(=O)(=O)N1CCN(CC(CO)(NC2CC2)C2CC2)CC1. The molecule has 1 atom stereocenters. The molecule has 2 aliphatic carbocycles. The van der Waals surface area contributed by atoms with Crippen molar-refractivity contribution in [2.75, 3.05) is 45.6 Å². The van der Waals surface area contributed by atoms with E-state index in [9.17, 15) is 13.5 Å². The summed E-state index contributed by atoms with van der Waals surface area (Å²) < 4.78 is 24.7. The van der Waals surface area contributed by atoms with Crippen LogP contribution in [0.1, 0.15) is 25.7 Å². The first-order valence-corrected chi connectivity index (χ1v) is 9.84. The molecule has 2 N–H and O–H groups in total. The molecule has 1 aliphatic heterocycles. The van der Waals surface area contributed by atoms with E-state index in [4.69, 9.17) is 0 Å². The molecular weight excluding hydrogens is 290 g/mol. The average Bonchev–Trinajstić information content (AvgIpc) is 3.30. The highest BCUT2D eigenvalue weighted by Crippen LogP contribution is 2.42. The second-order valence-electron chi connectivity index (χ2n) is 6.95. The van der Waals surface area contributed by atoms with Gasteiger partial charge >= 0.3 is 0 Å². The monoisotopic (exact) mass is 317 g/mol. The van der Waals surface area contributed by atoms with E-state index in [1.54, 1.807) is 4.31 Å². The van der Waals surface area contributed by atoms with Gasteiger partial charge in [-0.2, -0.15) is 4.31 Å². The Morgan fingerprint density at radius 3 is 2.19 bits per heavy atom. The predicted octanol–water partition coefficient (Wildman–Crippen LogP) is -0.543. The fourth-order valence-electron chi connectivity index (χ4n) is 3.41. The van der Waals surface area contributed by atoms with Crippen LogP contribution < -0.4 is 5.32 Å². The minimum Gasteiger partial charge on any atom is -0.394 e. The van der Waals surface area contributed by atoms with Gasteiger partial charge in [0.15, 0.2) is 0 Å². The zero-order chi connectivity index (χ0) is 15.1. The van der Waals surface area contributed by atoms with Crippen LogP contribution in [0.25, 0.3) is 0 Å². The van der Waals surface area contributed by atoms with E-state index in [1.165, 1.54) is 31.9 Å². The lowest BCUT2D eigenvalue weighted by molar-refractivity contribution is 0.0734. The largest absolute Gasteiger partial charge is 0.394 e. The van der Waals surface area contributed by atoms with Crippen molar-refractivity contribution in [2.24, 2.45) is 5.92 Å². The van der Waals surface area contributed by atoms with Crippen LogP contribution in [-0.2, 0) is 10.0 Å². The summed E-state index contributed by atoms with van der Waals surface area (Å²) in [5.74, 6) is 0.580. The first-order chi connectivity index (χ1) is 9.93. The molecule has 122 valence electrons. The fraction of sp³-hybridized carbons (Fsp3) is 1.00. The third-order valence-corrected chi connectivity index (χ3v) is 6.32. The highest BCUT2D eigenvalue weighted by atomic mass is 32.2. The molecule has 0 aromatic rings. The van der Waals surface area contributed by atoms with Crippen molar-refractivity contribution < 1.29 is 13.5 Å². The molecule has 3 fully saturated rings. The van der Waals surface area contributed by atoms with Gasteiger partial charge < -0.3 is 10.4 Å². The number of aliphatic hydroxyl groups is 1. The molecule has 21 heavy (non-hydrogen) atoms. The summed E-state index contributed by atoms with van der Waals surface area (Å²) in [4.78, 5) is 2.31. The van der Waals surface area contributed by atoms with E-state index in [1.807, 2.05) is 0 Å². The van der Waals surface area contributed by atoms with Gasteiger partial charge in [-0.25, -0.2) is 8.42 Å². The number of hydrogen-bond donors (Lipinski definition) is 2. The number of sulfonamides is 1. The topological polar surface area (TPSA) is 72.9 Å². The molecule has 0 amide bonds. The molecule has 0 bridgehead atoms. The van der Waals surface area contributed by atoms with E-state index in [2.05, 4.69) is 10.2 Å². The van der Waals surface area contributed by atoms with Gasteiger partial charge in [-0.1, -0.05) is 0 Å². The summed E-state index contributed by atoms with van der Waals surface area (Å²) in [5, 5.41) is 13.7. The van der Waals surface area contributed by atoms with Crippen LogP contribution in [0, 0.1) is 5.92 Å². The van der Waals surface area contributed by atoms with E-state index in [-0.39, 0.29) is 12.1 Å². The number of nitrogens with one attached hydrogen (secondary N) is 1. The molecule has 0 radical (unpaired) electrons. The lowest BCUT2D eigenvalue weighted by Gasteiger charge is -2.41. The Morgan fingerprint density at radius 2 is 1.76 bits per heavy atom. The highest BCUT2D eigenvalue weighted by molar-refractivity contribution is 7.88. The number of hydrogen-bond acceptors (Lipinski definition) is 5. The lowest BCUT2D eigenvalue weighted by Crippen LogP contribution is -2.61. The lowest BCUT2D eigenvalue weighted by atomic mass is 9.92. The Morgan fingerprint density at radius 1 is 1.14 bits per heavy atom. The van der Waals surface area contributed by atoms with Crippen molar-refractivity contribution in [1.29, 1.82) is 0 Å². The Bertz CT molecular complexity index is 468. The third-order valence-electron chi connectivity index (χ3n) is 5.02. The van der Waals surface area contributed by atoms with Crippen molar-refractivity contribution in [1.82, 2.24) is 14.5 Å². The van der Waals surface area contributed by atoms with Gasteiger partial charge in [0.05, 0.1) is 18.4 Å². The summed E-state index contributed by atoms with van der Waals surface area (Å²) in [7, 11) is -3.07. The number of piperazine rings is 1. The summed E-state index contributed by atoms with van der Waals surface area (Å²) in [5.41, 5.74) is -0.172. The molecular formula is C14H27N3O3S. The standard InChI is InChI=1S/C14H27N3O3S/c1-21(19,20)17-8-6-16(7-9-17)10-14(11-18,12-2-3-12)15-13-4-5-13/h12-13,15,18H,2-11H2,1H3. The van der Waals surface area contributed by atoms with Gasteiger partial charge in [0, 0.05) is 38.8 Å². The Labute approximate surface area is 127 Å². The van der Waals surface area contributed by atoms with E-state index < -0.39 is 10.0 Å². The van der Waals surface area contributed by atoms with Gasteiger partial charge in [0.25, 0.3) is 0 Å². The second-order valence-corrected chi connectivity index (χ2v) is 8.93. The van der Waals surface area contributed by atoms with Crippen molar-refractivity contribution in [3.63, 3.8) is 0 Å². The molecule has 1 saturated heterocycles. The molecule has 3 rings (SSSR count). The molecule has 2 saturated carbocycles. The van der Waals surface area contributed by atoms with Crippen molar-refractivity contribution >= 4 is 10.0 Å². The van der Waals surface area contributed by atoms with E-state index >= 15 is 0 Å². The van der Waals surface area contributed by atoms with Crippen molar-refractivity contribution in [2.45, 2.75) is 37.3 Å². The summed E-state index contributed by atoms with van der Waals surface area (Å²) >= 11 is 0. The quantitative estimate of drug-likeness (QED) is 0.660. The first kappa shape index (κ1) is 15.7. The Balaban J connectivity index is 1.59. The van der Waals surface area contributed by atoms with Crippen LogP contribution in [0.4, 0.5) is 0 Å². The van der Waals surface area contributed by atoms with Gasteiger partial charge in [-0.3, -0.25) is 4.90 Å². The van der Waals surface area contributed by atoms with Crippen LogP contribution in [-0.4, -0.2) is 79.9 Å². The van der Waals surface area contributed by atoms with E-state index in [0.29, 0.717) is 25.0 Å². The Hall–Kier alpha value is -0.210. The zero-order valence-corrected chi connectivity index (χ0v) is 13.6. The Kier molecular flexibility index (Phi) is 4.31. The highest BCUT2D eigenvalue weighted by Gasteiger charge is 2.48. The van der Waals surface area contributed by atoms with Gasteiger partial charge in [0.2, 0.25) is 10.0 Å². The van der Waals surface area contributed by atoms with Crippen LogP contribution >= 0.6 is 0 Å². The first-order valence-electron chi connectivity index (χ1n) is 7.99. The summed E-state index contributed by atoms with van der Waals surface area (Å²) in [6, 6.07) is 0.579.